The molecular weight excluding hydrogens is 426 g/mol. The molecule has 8 heteroatoms. The Hall–Kier alpha value is -1.64. The molecule has 2 aliphatic rings. The summed E-state index contributed by atoms with van der Waals surface area (Å²) in [6.07, 6.45) is 5.73. The molecule has 1 amide bonds. The van der Waals surface area contributed by atoms with Crippen molar-refractivity contribution < 1.29 is 19.1 Å². The van der Waals surface area contributed by atoms with Crippen molar-refractivity contribution in [3.63, 3.8) is 0 Å². The minimum Gasteiger partial charge on any atom is -0.452 e. The fourth-order valence-electron chi connectivity index (χ4n) is 4.08. The summed E-state index contributed by atoms with van der Waals surface area (Å²) in [7, 11) is 0. The molecule has 3 rings (SSSR count). The minimum atomic E-state index is -0.602. The number of nitrogens with two attached hydrogens (primary N) is 1. The van der Waals surface area contributed by atoms with Crippen LogP contribution in [0.15, 0.2) is 22.7 Å². The van der Waals surface area contributed by atoms with Crippen molar-refractivity contribution in [3.8, 4) is 0 Å². The molecule has 1 aliphatic heterocycles. The Labute approximate surface area is 174 Å². The lowest BCUT2D eigenvalue weighted by atomic mass is 9.79. The van der Waals surface area contributed by atoms with Crippen LogP contribution in [0.4, 0.5) is 5.69 Å². The third-order valence-corrected chi connectivity index (χ3v) is 6.14. The second-order valence-electron chi connectivity index (χ2n) is 7.47. The Morgan fingerprint density at radius 3 is 2.64 bits per heavy atom. The monoisotopic (exact) mass is 453 g/mol. The number of morpholine rings is 1. The normalized spacial score (nSPS) is 19.8. The molecule has 2 fully saturated rings. The van der Waals surface area contributed by atoms with Gasteiger partial charge in [0.2, 0.25) is 0 Å². The van der Waals surface area contributed by atoms with Crippen LogP contribution < -0.4 is 11.1 Å². The van der Waals surface area contributed by atoms with Crippen LogP contribution in [0.1, 0.15) is 42.5 Å². The maximum Gasteiger partial charge on any atom is 0.340 e. The molecule has 1 aliphatic carbocycles. The molecule has 1 saturated carbocycles. The van der Waals surface area contributed by atoms with Gasteiger partial charge in [-0.3, -0.25) is 9.69 Å². The van der Waals surface area contributed by atoms with Crippen LogP contribution in [-0.2, 0) is 14.3 Å². The summed E-state index contributed by atoms with van der Waals surface area (Å²) >= 11 is 3.30. The topological polar surface area (TPSA) is 93.9 Å². The summed E-state index contributed by atoms with van der Waals surface area (Å²) in [5.74, 6) is -0.894. The number of carbonyl (C=O) groups is 2. The van der Waals surface area contributed by atoms with Crippen LogP contribution in [0.2, 0.25) is 0 Å². The van der Waals surface area contributed by atoms with Crippen LogP contribution in [0.25, 0.3) is 0 Å². The number of benzene rings is 1. The molecule has 28 heavy (non-hydrogen) atoms. The SMILES string of the molecule is Nc1ccc(Br)cc1C(=O)OCC(=O)NCC1(N2CCOCC2)CCCCC1. The van der Waals surface area contributed by atoms with Gasteiger partial charge in [-0.1, -0.05) is 35.2 Å². The Kier molecular flexibility index (Phi) is 7.31. The number of amides is 1. The lowest BCUT2D eigenvalue weighted by Gasteiger charge is -2.48. The number of hydrogen-bond donors (Lipinski definition) is 2. The highest BCUT2D eigenvalue weighted by molar-refractivity contribution is 9.10. The van der Waals surface area contributed by atoms with Crippen LogP contribution in [0, 0.1) is 0 Å². The van der Waals surface area contributed by atoms with Crippen LogP contribution in [0.3, 0.4) is 0 Å². The number of halogens is 1. The van der Waals surface area contributed by atoms with E-state index in [0.29, 0.717) is 12.2 Å². The van der Waals surface area contributed by atoms with E-state index in [4.69, 9.17) is 15.2 Å². The second kappa shape index (κ2) is 9.71. The smallest absolute Gasteiger partial charge is 0.340 e. The number of hydrogen-bond acceptors (Lipinski definition) is 6. The van der Waals surface area contributed by atoms with Gasteiger partial charge in [-0.15, -0.1) is 0 Å². The van der Waals surface area contributed by atoms with E-state index >= 15 is 0 Å². The highest BCUT2D eigenvalue weighted by Crippen LogP contribution is 2.33. The number of nitrogens with one attached hydrogen (secondary N) is 1. The number of nitrogens with zero attached hydrogens (tertiary/aromatic N) is 1. The largest absolute Gasteiger partial charge is 0.452 e. The fourth-order valence-corrected chi connectivity index (χ4v) is 4.44. The molecule has 7 nitrogen and oxygen atoms in total. The number of esters is 1. The first kappa shape index (κ1) is 21.1. The fraction of sp³-hybridized carbons (Fsp3) is 0.600. The molecule has 3 N–H and O–H groups in total. The minimum absolute atomic E-state index is 0.0174. The summed E-state index contributed by atoms with van der Waals surface area (Å²) in [6.45, 7) is 3.52. The van der Waals surface area contributed by atoms with Gasteiger partial charge in [0, 0.05) is 35.3 Å². The molecule has 0 unspecified atom stereocenters. The van der Waals surface area contributed by atoms with Gasteiger partial charge in [-0.05, 0) is 31.0 Å². The molecule has 0 spiro atoms. The van der Waals surface area contributed by atoms with Crippen molar-refractivity contribution in [3.05, 3.63) is 28.2 Å². The molecule has 1 saturated heterocycles. The maximum absolute atomic E-state index is 12.3. The van der Waals surface area contributed by atoms with Crippen molar-refractivity contribution in [2.75, 3.05) is 45.2 Å². The molecule has 1 aromatic rings. The van der Waals surface area contributed by atoms with E-state index in [2.05, 4.69) is 26.1 Å². The molecule has 1 aromatic carbocycles. The lowest BCUT2D eigenvalue weighted by molar-refractivity contribution is -0.125. The Balaban J connectivity index is 1.53. The van der Waals surface area contributed by atoms with Crippen molar-refractivity contribution in [2.24, 2.45) is 0 Å². The van der Waals surface area contributed by atoms with Gasteiger partial charge in [0.05, 0.1) is 18.8 Å². The number of carbonyl (C=O) groups excluding carboxylic acids is 2. The first-order valence-corrected chi connectivity index (χ1v) is 10.6. The molecule has 0 radical (unpaired) electrons. The quantitative estimate of drug-likeness (QED) is 0.506. The third kappa shape index (κ3) is 5.24. The molecule has 0 atom stereocenters. The Morgan fingerprint density at radius 2 is 1.93 bits per heavy atom. The third-order valence-electron chi connectivity index (χ3n) is 5.65. The van der Waals surface area contributed by atoms with E-state index < -0.39 is 5.97 Å². The van der Waals surface area contributed by atoms with E-state index in [1.165, 1.54) is 19.3 Å². The summed E-state index contributed by atoms with van der Waals surface area (Å²) in [4.78, 5) is 27.0. The number of nitrogen functional groups attached to an aromatic ring is 1. The molecule has 0 bridgehead atoms. The van der Waals surface area contributed by atoms with Crippen LogP contribution in [-0.4, -0.2) is 61.8 Å². The summed E-state index contributed by atoms with van der Waals surface area (Å²) in [6, 6.07) is 4.95. The number of rotatable bonds is 6. The molecule has 1 heterocycles. The van der Waals surface area contributed by atoms with Gasteiger partial charge >= 0.3 is 5.97 Å². The first-order valence-electron chi connectivity index (χ1n) is 9.82. The van der Waals surface area contributed by atoms with Gasteiger partial charge in [0.25, 0.3) is 5.91 Å². The van der Waals surface area contributed by atoms with Crippen LogP contribution in [0.5, 0.6) is 0 Å². The zero-order valence-corrected chi connectivity index (χ0v) is 17.6. The predicted octanol–water partition coefficient (Wildman–Crippen LogP) is 2.34. The molecule has 154 valence electrons. The summed E-state index contributed by atoms with van der Waals surface area (Å²) < 4.78 is 11.4. The lowest BCUT2D eigenvalue weighted by Crippen LogP contribution is -2.59. The zero-order chi connectivity index (χ0) is 20.0. The van der Waals surface area contributed by atoms with E-state index in [1.54, 1.807) is 18.2 Å². The van der Waals surface area contributed by atoms with Gasteiger partial charge < -0.3 is 20.5 Å². The van der Waals surface area contributed by atoms with E-state index in [9.17, 15) is 9.59 Å². The summed E-state index contributed by atoms with van der Waals surface area (Å²) in [5, 5.41) is 2.98. The average Bonchev–Trinajstić information content (AvgIpc) is 2.73. The molecular formula is C20H28BrN3O4. The summed E-state index contributed by atoms with van der Waals surface area (Å²) in [5.41, 5.74) is 6.37. The van der Waals surface area contributed by atoms with Gasteiger partial charge in [-0.25, -0.2) is 4.79 Å². The van der Waals surface area contributed by atoms with E-state index in [-0.39, 0.29) is 23.6 Å². The van der Waals surface area contributed by atoms with Gasteiger partial charge in [0.1, 0.15) is 0 Å². The average molecular weight is 454 g/mol. The highest BCUT2D eigenvalue weighted by atomic mass is 79.9. The van der Waals surface area contributed by atoms with Crippen molar-refractivity contribution >= 4 is 33.5 Å². The Morgan fingerprint density at radius 1 is 1.21 bits per heavy atom. The second-order valence-corrected chi connectivity index (χ2v) is 8.38. The van der Waals surface area contributed by atoms with E-state index in [0.717, 1.165) is 43.6 Å². The van der Waals surface area contributed by atoms with E-state index in [1.807, 2.05) is 0 Å². The van der Waals surface area contributed by atoms with Gasteiger partial charge in [-0.2, -0.15) is 0 Å². The predicted molar refractivity (Wildman–Crippen MR) is 110 cm³/mol. The van der Waals surface area contributed by atoms with Crippen molar-refractivity contribution in [1.29, 1.82) is 0 Å². The van der Waals surface area contributed by atoms with Crippen LogP contribution >= 0.6 is 15.9 Å². The first-order chi connectivity index (χ1) is 13.5. The zero-order valence-electron chi connectivity index (χ0n) is 16.0. The number of ether oxygens (including phenoxy) is 2. The van der Waals surface area contributed by atoms with Crippen molar-refractivity contribution in [2.45, 2.75) is 37.6 Å². The number of anilines is 1. The maximum atomic E-state index is 12.3. The van der Waals surface area contributed by atoms with Gasteiger partial charge in [0.15, 0.2) is 6.61 Å². The highest BCUT2D eigenvalue weighted by Gasteiger charge is 2.38. The standard InChI is InChI=1S/C20H28BrN3O4/c21-15-4-5-17(22)16(12-15)19(26)28-13-18(25)23-14-20(6-2-1-3-7-20)24-8-10-27-11-9-24/h4-5,12H,1-3,6-11,13-14,22H2,(H,23,25). The Bertz CT molecular complexity index is 701. The van der Waals surface area contributed by atoms with Crippen molar-refractivity contribution in [1.82, 2.24) is 10.2 Å². The molecule has 0 aromatic heterocycles.